The van der Waals surface area contributed by atoms with Crippen molar-refractivity contribution in [3.63, 3.8) is 0 Å². The first kappa shape index (κ1) is 19.8. The molecule has 0 radical (unpaired) electrons. The molecule has 0 spiro atoms. The van der Waals surface area contributed by atoms with Gasteiger partial charge in [0.05, 0.1) is 12.1 Å². The lowest BCUT2D eigenvalue weighted by molar-refractivity contribution is 0.0921. The number of pyridine rings is 1. The number of benzene rings is 2. The van der Waals surface area contributed by atoms with Crippen LogP contribution in [-0.2, 0) is 4.74 Å². The zero-order chi connectivity index (χ0) is 20.9. The maximum atomic E-state index is 5.95. The van der Waals surface area contributed by atoms with Crippen LogP contribution in [-0.4, -0.2) is 41.8 Å². The standard InChI is InChI=1S/C24H24N4O2/c1-16(15-29-3)30-20-8-4-6-17(12-20)18-9-10-22-21(13-18)24(25-2)28-23(27-22)19-7-5-11-26-14-19/h4-14,16H,15H2,1-3H3,(H,25,27,28). The van der Waals surface area contributed by atoms with E-state index in [4.69, 9.17) is 19.4 Å². The van der Waals surface area contributed by atoms with E-state index in [-0.39, 0.29) is 6.10 Å². The highest BCUT2D eigenvalue weighted by Gasteiger charge is 2.11. The van der Waals surface area contributed by atoms with Crippen LogP contribution in [0.5, 0.6) is 5.75 Å². The molecule has 30 heavy (non-hydrogen) atoms. The van der Waals surface area contributed by atoms with Crippen LogP contribution < -0.4 is 10.1 Å². The number of rotatable bonds is 7. The second-order valence-corrected chi connectivity index (χ2v) is 7.03. The highest BCUT2D eigenvalue weighted by Crippen LogP contribution is 2.31. The number of anilines is 1. The molecule has 2 aromatic carbocycles. The van der Waals surface area contributed by atoms with Crippen molar-refractivity contribution in [2.45, 2.75) is 13.0 Å². The first-order valence-electron chi connectivity index (χ1n) is 9.84. The Kier molecular flexibility index (Phi) is 5.86. The summed E-state index contributed by atoms with van der Waals surface area (Å²) in [6, 6.07) is 18.1. The van der Waals surface area contributed by atoms with Crippen molar-refractivity contribution in [3.05, 3.63) is 67.0 Å². The van der Waals surface area contributed by atoms with Gasteiger partial charge in [0, 0.05) is 37.5 Å². The lowest BCUT2D eigenvalue weighted by atomic mass is 10.0. The quantitative estimate of drug-likeness (QED) is 0.480. The second kappa shape index (κ2) is 8.88. The largest absolute Gasteiger partial charge is 0.488 e. The number of hydrogen-bond donors (Lipinski definition) is 1. The van der Waals surface area contributed by atoms with E-state index in [1.165, 1.54) is 0 Å². The summed E-state index contributed by atoms with van der Waals surface area (Å²) in [5.41, 5.74) is 3.90. The van der Waals surface area contributed by atoms with Gasteiger partial charge in [-0.1, -0.05) is 18.2 Å². The zero-order valence-corrected chi connectivity index (χ0v) is 17.3. The Labute approximate surface area is 175 Å². The molecule has 4 aromatic rings. The maximum absolute atomic E-state index is 5.95. The van der Waals surface area contributed by atoms with Crippen molar-refractivity contribution in [2.24, 2.45) is 0 Å². The predicted octanol–water partition coefficient (Wildman–Crippen LogP) is 4.81. The second-order valence-electron chi connectivity index (χ2n) is 7.03. The van der Waals surface area contributed by atoms with Gasteiger partial charge in [-0.15, -0.1) is 0 Å². The van der Waals surface area contributed by atoms with Gasteiger partial charge >= 0.3 is 0 Å². The summed E-state index contributed by atoms with van der Waals surface area (Å²) >= 11 is 0. The van der Waals surface area contributed by atoms with Crippen LogP contribution in [0, 0.1) is 0 Å². The van der Waals surface area contributed by atoms with Crippen LogP contribution in [0.2, 0.25) is 0 Å². The molecule has 0 aliphatic heterocycles. The molecular formula is C24H24N4O2. The lowest BCUT2D eigenvalue weighted by Gasteiger charge is -2.15. The van der Waals surface area contributed by atoms with E-state index in [9.17, 15) is 0 Å². The van der Waals surface area contributed by atoms with E-state index in [0.29, 0.717) is 12.4 Å². The molecule has 1 unspecified atom stereocenters. The van der Waals surface area contributed by atoms with Crippen molar-refractivity contribution in [1.82, 2.24) is 15.0 Å². The molecule has 6 nitrogen and oxygen atoms in total. The van der Waals surface area contributed by atoms with Gasteiger partial charge in [-0.25, -0.2) is 9.97 Å². The first-order valence-corrected chi connectivity index (χ1v) is 9.84. The number of methoxy groups -OCH3 is 1. The fourth-order valence-corrected chi connectivity index (χ4v) is 3.37. The summed E-state index contributed by atoms with van der Waals surface area (Å²) < 4.78 is 11.1. The summed E-state index contributed by atoms with van der Waals surface area (Å²) in [5.74, 6) is 2.24. The smallest absolute Gasteiger partial charge is 0.163 e. The van der Waals surface area contributed by atoms with Gasteiger partial charge in [-0.05, 0) is 54.4 Å². The normalized spacial score (nSPS) is 12.0. The maximum Gasteiger partial charge on any atom is 0.163 e. The summed E-state index contributed by atoms with van der Waals surface area (Å²) in [6.07, 6.45) is 3.49. The molecule has 4 rings (SSSR count). The number of nitrogens with zero attached hydrogens (tertiary/aromatic N) is 3. The van der Waals surface area contributed by atoms with E-state index < -0.39 is 0 Å². The van der Waals surface area contributed by atoms with E-state index in [1.807, 2.05) is 50.4 Å². The Hall–Kier alpha value is -3.51. The van der Waals surface area contributed by atoms with Gasteiger partial charge < -0.3 is 14.8 Å². The van der Waals surface area contributed by atoms with Crippen molar-refractivity contribution in [1.29, 1.82) is 0 Å². The number of ether oxygens (including phenoxy) is 2. The molecule has 0 saturated carbocycles. The predicted molar refractivity (Wildman–Crippen MR) is 120 cm³/mol. The van der Waals surface area contributed by atoms with Crippen molar-refractivity contribution in [3.8, 4) is 28.3 Å². The molecule has 0 bridgehead atoms. The third-order valence-electron chi connectivity index (χ3n) is 4.76. The van der Waals surface area contributed by atoms with E-state index in [2.05, 4.69) is 28.5 Å². The molecule has 0 aliphatic rings. The molecule has 2 heterocycles. The van der Waals surface area contributed by atoms with Crippen LogP contribution in [0.3, 0.4) is 0 Å². The Morgan fingerprint density at radius 3 is 2.57 bits per heavy atom. The molecule has 6 heteroatoms. The van der Waals surface area contributed by atoms with Crippen LogP contribution >= 0.6 is 0 Å². The molecule has 0 amide bonds. The lowest BCUT2D eigenvalue weighted by Crippen LogP contribution is -2.17. The van der Waals surface area contributed by atoms with Crippen LogP contribution in [0.1, 0.15) is 6.92 Å². The summed E-state index contributed by atoms with van der Waals surface area (Å²) in [6.45, 7) is 2.53. The zero-order valence-electron chi connectivity index (χ0n) is 17.3. The molecule has 0 saturated heterocycles. The van der Waals surface area contributed by atoms with Crippen LogP contribution in [0.15, 0.2) is 67.0 Å². The Morgan fingerprint density at radius 2 is 1.80 bits per heavy atom. The number of nitrogens with one attached hydrogen (secondary N) is 1. The SMILES string of the molecule is CNc1nc(-c2cccnc2)nc2ccc(-c3cccc(OC(C)COC)c3)cc12. The molecule has 1 N–H and O–H groups in total. The Morgan fingerprint density at radius 1 is 0.967 bits per heavy atom. The highest BCUT2D eigenvalue weighted by atomic mass is 16.5. The minimum absolute atomic E-state index is 0.0166. The van der Waals surface area contributed by atoms with E-state index in [0.717, 1.165) is 39.2 Å². The summed E-state index contributed by atoms with van der Waals surface area (Å²) in [7, 11) is 3.54. The fourth-order valence-electron chi connectivity index (χ4n) is 3.37. The fraction of sp³-hybridized carbons (Fsp3) is 0.208. The summed E-state index contributed by atoms with van der Waals surface area (Å²) in [5, 5.41) is 4.16. The summed E-state index contributed by atoms with van der Waals surface area (Å²) in [4.78, 5) is 13.6. The van der Waals surface area contributed by atoms with Gasteiger partial charge in [0.2, 0.25) is 0 Å². The third-order valence-corrected chi connectivity index (χ3v) is 4.76. The van der Waals surface area contributed by atoms with Gasteiger partial charge in [0.25, 0.3) is 0 Å². The molecule has 152 valence electrons. The molecule has 0 fully saturated rings. The van der Waals surface area contributed by atoms with Crippen LogP contribution in [0.25, 0.3) is 33.4 Å². The number of hydrogen-bond acceptors (Lipinski definition) is 6. The van der Waals surface area contributed by atoms with E-state index >= 15 is 0 Å². The molecule has 1 atom stereocenters. The van der Waals surface area contributed by atoms with Crippen molar-refractivity contribution >= 4 is 16.7 Å². The number of fused-ring (bicyclic) bond motifs is 1. The van der Waals surface area contributed by atoms with Gasteiger partial charge in [-0.2, -0.15) is 0 Å². The average molecular weight is 400 g/mol. The van der Waals surface area contributed by atoms with Gasteiger partial charge in [-0.3, -0.25) is 4.98 Å². The molecular weight excluding hydrogens is 376 g/mol. The van der Waals surface area contributed by atoms with Gasteiger partial charge in [0.1, 0.15) is 17.7 Å². The van der Waals surface area contributed by atoms with Crippen molar-refractivity contribution < 1.29 is 9.47 Å². The number of aromatic nitrogens is 3. The van der Waals surface area contributed by atoms with Crippen molar-refractivity contribution in [2.75, 3.05) is 26.1 Å². The molecule has 2 aromatic heterocycles. The van der Waals surface area contributed by atoms with Gasteiger partial charge in [0.15, 0.2) is 5.82 Å². The van der Waals surface area contributed by atoms with Crippen LogP contribution in [0.4, 0.5) is 5.82 Å². The molecule has 0 aliphatic carbocycles. The average Bonchev–Trinajstić information content (AvgIpc) is 2.79. The Balaban J connectivity index is 1.72. The minimum Gasteiger partial charge on any atom is -0.488 e. The third kappa shape index (κ3) is 4.23. The monoisotopic (exact) mass is 400 g/mol. The Bertz CT molecular complexity index is 1150. The minimum atomic E-state index is -0.0166. The topological polar surface area (TPSA) is 69.2 Å². The van der Waals surface area contributed by atoms with E-state index in [1.54, 1.807) is 19.5 Å². The first-order chi connectivity index (χ1) is 14.7. The highest BCUT2D eigenvalue weighted by molar-refractivity contribution is 5.94.